The summed E-state index contributed by atoms with van der Waals surface area (Å²) in [7, 11) is 0. The first-order chi connectivity index (χ1) is 9.83. The van der Waals surface area contributed by atoms with Gasteiger partial charge in [-0.05, 0) is 23.1 Å². The van der Waals surface area contributed by atoms with Gasteiger partial charge < -0.3 is 5.32 Å². The van der Waals surface area contributed by atoms with Crippen molar-refractivity contribution in [1.82, 2.24) is 25.1 Å². The topological polar surface area (TPSA) is 72.7 Å². The Bertz CT molecular complexity index is 676. The van der Waals surface area contributed by atoms with Gasteiger partial charge in [0.25, 0.3) is 5.91 Å². The molecular formula is C13H11N5OS. The fourth-order valence-corrected chi connectivity index (χ4v) is 2.30. The average molecular weight is 285 g/mol. The van der Waals surface area contributed by atoms with E-state index in [0.717, 1.165) is 5.56 Å². The molecule has 0 unspecified atom stereocenters. The highest BCUT2D eigenvalue weighted by molar-refractivity contribution is 7.08. The SMILES string of the molecule is O=C(NCc1ccc(-n2cncn2)nc1)c1ccsc1. The standard InChI is InChI=1S/C13H11N5OS/c19-13(11-3-4-20-7-11)16-6-10-1-2-12(15-5-10)18-9-14-8-17-18/h1-5,7-9H,6H2,(H,16,19). The van der Waals surface area contributed by atoms with Gasteiger partial charge in [-0.3, -0.25) is 4.79 Å². The number of carbonyl (C=O) groups excluding carboxylic acids is 1. The molecule has 3 aromatic heterocycles. The molecule has 1 N–H and O–H groups in total. The van der Waals surface area contributed by atoms with Gasteiger partial charge in [0, 0.05) is 23.7 Å². The van der Waals surface area contributed by atoms with Crippen molar-refractivity contribution >= 4 is 17.2 Å². The van der Waals surface area contributed by atoms with Crippen molar-refractivity contribution in [2.45, 2.75) is 6.54 Å². The molecule has 3 aromatic rings. The third-order valence-corrected chi connectivity index (χ3v) is 3.38. The molecule has 3 rings (SSSR count). The number of aromatic nitrogens is 4. The molecular weight excluding hydrogens is 274 g/mol. The summed E-state index contributed by atoms with van der Waals surface area (Å²) in [6, 6.07) is 5.53. The van der Waals surface area contributed by atoms with Crippen LogP contribution in [0.3, 0.4) is 0 Å². The van der Waals surface area contributed by atoms with Crippen LogP contribution in [0.25, 0.3) is 5.82 Å². The minimum Gasteiger partial charge on any atom is -0.348 e. The number of nitrogens with zero attached hydrogens (tertiary/aromatic N) is 4. The highest BCUT2D eigenvalue weighted by atomic mass is 32.1. The number of carbonyl (C=O) groups is 1. The zero-order chi connectivity index (χ0) is 13.8. The molecule has 0 fully saturated rings. The van der Waals surface area contributed by atoms with Crippen molar-refractivity contribution < 1.29 is 4.79 Å². The van der Waals surface area contributed by atoms with Crippen LogP contribution in [-0.2, 0) is 6.54 Å². The van der Waals surface area contributed by atoms with Crippen molar-refractivity contribution in [3.05, 3.63) is 58.9 Å². The van der Waals surface area contributed by atoms with Crippen LogP contribution < -0.4 is 5.32 Å². The maximum absolute atomic E-state index is 11.8. The van der Waals surface area contributed by atoms with E-state index >= 15 is 0 Å². The van der Waals surface area contributed by atoms with E-state index in [4.69, 9.17) is 0 Å². The first-order valence-corrected chi connectivity index (χ1v) is 6.87. The number of amides is 1. The lowest BCUT2D eigenvalue weighted by Crippen LogP contribution is -2.22. The Hall–Kier alpha value is -2.54. The summed E-state index contributed by atoms with van der Waals surface area (Å²) < 4.78 is 1.58. The van der Waals surface area contributed by atoms with E-state index in [0.29, 0.717) is 17.9 Å². The van der Waals surface area contributed by atoms with Crippen LogP contribution in [0.2, 0.25) is 0 Å². The molecule has 20 heavy (non-hydrogen) atoms. The van der Waals surface area contributed by atoms with E-state index in [9.17, 15) is 4.79 Å². The summed E-state index contributed by atoms with van der Waals surface area (Å²) in [6.45, 7) is 0.444. The molecule has 0 bridgehead atoms. The van der Waals surface area contributed by atoms with Gasteiger partial charge in [0.15, 0.2) is 5.82 Å². The molecule has 1 amide bonds. The minimum absolute atomic E-state index is 0.0772. The Morgan fingerprint density at radius 3 is 2.95 bits per heavy atom. The van der Waals surface area contributed by atoms with Gasteiger partial charge in [-0.15, -0.1) is 0 Å². The number of hydrogen-bond acceptors (Lipinski definition) is 5. The van der Waals surface area contributed by atoms with Crippen LogP contribution in [0.15, 0.2) is 47.8 Å². The molecule has 0 spiro atoms. The molecule has 3 heterocycles. The van der Waals surface area contributed by atoms with Gasteiger partial charge in [-0.1, -0.05) is 6.07 Å². The van der Waals surface area contributed by atoms with E-state index in [1.54, 1.807) is 23.3 Å². The molecule has 0 atom stereocenters. The second-order valence-corrected chi connectivity index (χ2v) is 4.84. The Balaban J connectivity index is 1.63. The van der Waals surface area contributed by atoms with Gasteiger partial charge in [-0.25, -0.2) is 14.6 Å². The van der Waals surface area contributed by atoms with E-state index in [-0.39, 0.29) is 5.91 Å². The lowest BCUT2D eigenvalue weighted by atomic mass is 10.2. The maximum atomic E-state index is 11.8. The van der Waals surface area contributed by atoms with Crippen LogP contribution in [0.1, 0.15) is 15.9 Å². The zero-order valence-electron chi connectivity index (χ0n) is 10.4. The number of rotatable bonds is 4. The molecule has 0 aliphatic rings. The summed E-state index contributed by atoms with van der Waals surface area (Å²) in [4.78, 5) is 19.9. The Morgan fingerprint density at radius 1 is 1.35 bits per heavy atom. The van der Waals surface area contributed by atoms with E-state index in [2.05, 4.69) is 20.4 Å². The van der Waals surface area contributed by atoms with E-state index < -0.39 is 0 Å². The number of pyridine rings is 1. The molecule has 0 aliphatic carbocycles. The minimum atomic E-state index is -0.0772. The highest BCUT2D eigenvalue weighted by Gasteiger charge is 2.05. The second-order valence-electron chi connectivity index (χ2n) is 4.06. The van der Waals surface area contributed by atoms with Gasteiger partial charge in [-0.2, -0.15) is 16.4 Å². The third kappa shape index (κ3) is 2.72. The molecule has 0 aromatic carbocycles. The largest absolute Gasteiger partial charge is 0.348 e. The summed E-state index contributed by atoms with van der Waals surface area (Å²) >= 11 is 1.50. The first kappa shape index (κ1) is 12.5. The lowest BCUT2D eigenvalue weighted by molar-refractivity contribution is 0.0951. The molecule has 0 saturated carbocycles. The predicted octanol–water partition coefficient (Wildman–Crippen LogP) is 1.65. The van der Waals surface area contributed by atoms with Crippen molar-refractivity contribution in [1.29, 1.82) is 0 Å². The molecule has 7 heteroatoms. The van der Waals surface area contributed by atoms with Crippen LogP contribution >= 0.6 is 11.3 Å². The third-order valence-electron chi connectivity index (χ3n) is 2.70. The maximum Gasteiger partial charge on any atom is 0.252 e. The normalized spacial score (nSPS) is 10.4. The predicted molar refractivity (Wildman–Crippen MR) is 74.6 cm³/mol. The molecule has 0 saturated heterocycles. The Kier molecular flexibility index (Phi) is 3.51. The van der Waals surface area contributed by atoms with Crippen molar-refractivity contribution in [2.24, 2.45) is 0 Å². The smallest absolute Gasteiger partial charge is 0.252 e. The summed E-state index contributed by atoms with van der Waals surface area (Å²) in [6.07, 6.45) is 4.75. The molecule has 0 aliphatic heterocycles. The van der Waals surface area contributed by atoms with Gasteiger partial charge in [0.2, 0.25) is 0 Å². The quantitative estimate of drug-likeness (QED) is 0.791. The monoisotopic (exact) mass is 285 g/mol. The van der Waals surface area contributed by atoms with Crippen molar-refractivity contribution in [3.8, 4) is 5.82 Å². The van der Waals surface area contributed by atoms with Gasteiger partial charge >= 0.3 is 0 Å². The van der Waals surface area contributed by atoms with E-state index in [1.165, 1.54) is 17.7 Å². The number of hydrogen-bond donors (Lipinski definition) is 1. The van der Waals surface area contributed by atoms with E-state index in [1.807, 2.05) is 22.9 Å². The zero-order valence-corrected chi connectivity index (χ0v) is 11.2. The fraction of sp³-hybridized carbons (Fsp3) is 0.0769. The van der Waals surface area contributed by atoms with Crippen LogP contribution in [0, 0.1) is 0 Å². The second kappa shape index (κ2) is 5.62. The Morgan fingerprint density at radius 2 is 2.30 bits per heavy atom. The van der Waals surface area contributed by atoms with Crippen LogP contribution in [0.5, 0.6) is 0 Å². The Labute approximate surface area is 119 Å². The van der Waals surface area contributed by atoms with Crippen LogP contribution in [-0.4, -0.2) is 25.7 Å². The van der Waals surface area contributed by atoms with Crippen molar-refractivity contribution in [3.63, 3.8) is 0 Å². The highest BCUT2D eigenvalue weighted by Crippen LogP contribution is 2.07. The number of thiophene rings is 1. The molecule has 100 valence electrons. The summed E-state index contributed by atoms with van der Waals surface area (Å²) in [5, 5.41) is 10.5. The summed E-state index contributed by atoms with van der Waals surface area (Å²) in [5.41, 5.74) is 1.61. The van der Waals surface area contributed by atoms with Crippen LogP contribution in [0.4, 0.5) is 0 Å². The average Bonchev–Trinajstić information content (AvgIpc) is 3.18. The number of nitrogens with one attached hydrogen (secondary N) is 1. The molecule has 6 nitrogen and oxygen atoms in total. The van der Waals surface area contributed by atoms with Gasteiger partial charge in [0.05, 0.1) is 0 Å². The van der Waals surface area contributed by atoms with Crippen molar-refractivity contribution in [2.75, 3.05) is 0 Å². The summed E-state index contributed by atoms with van der Waals surface area (Å²) in [5.74, 6) is 0.613. The molecule has 0 radical (unpaired) electrons. The lowest BCUT2D eigenvalue weighted by Gasteiger charge is -2.05. The fourth-order valence-electron chi connectivity index (χ4n) is 1.66. The first-order valence-electron chi connectivity index (χ1n) is 5.93. The van der Waals surface area contributed by atoms with Gasteiger partial charge in [0.1, 0.15) is 12.7 Å².